The van der Waals surface area contributed by atoms with Gasteiger partial charge in [-0.2, -0.15) is 0 Å². The van der Waals surface area contributed by atoms with Crippen LogP contribution in [0.2, 0.25) is 0 Å². The van der Waals surface area contributed by atoms with Gasteiger partial charge in [-0.15, -0.1) is 0 Å². The molecule has 0 aromatic heterocycles. The highest BCUT2D eigenvalue weighted by molar-refractivity contribution is 7.92. The molecule has 8 heteroatoms. The van der Waals surface area contributed by atoms with Crippen molar-refractivity contribution in [3.63, 3.8) is 0 Å². The molecule has 1 amide bonds. The molecular weight excluding hydrogens is 426 g/mol. The Morgan fingerprint density at radius 2 is 1.59 bits per heavy atom. The highest BCUT2D eigenvalue weighted by Gasteiger charge is 2.24. The topological polar surface area (TPSA) is 79.0 Å². The van der Waals surface area contributed by atoms with Crippen LogP contribution in [0.25, 0.3) is 0 Å². The second-order valence-electron chi connectivity index (χ2n) is 8.50. The van der Waals surface area contributed by atoms with Gasteiger partial charge in [0.15, 0.2) is 0 Å². The lowest BCUT2D eigenvalue weighted by atomic mass is 10.1. The Morgan fingerprint density at radius 3 is 2.16 bits per heavy atom. The zero-order valence-corrected chi connectivity index (χ0v) is 20.2. The number of ether oxygens (including phenoxy) is 1. The number of carbonyl (C=O) groups is 1. The lowest BCUT2D eigenvalue weighted by Crippen LogP contribution is -2.40. The Morgan fingerprint density at radius 1 is 1.03 bits per heavy atom. The number of anilines is 1. The van der Waals surface area contributed by atoms with Gasteiger partial charge in [-0.05, 0) is 43.0 Å². The highest BCUT2D eigenvalue weighted by atomic mass is 32.2. The van der Waals surface area contributed by atoms with E-state index in [9.17, 15) is 13.2 Å². The summed E-state index contributed by atoms with van der Waals surface area (Å²) in [5.74, 6) is -0.341. The van der Waals surface area contributed by atoms with Crippen molar-refractivity contribution in [3.05, 3.63) is 64.2 Å². The van der Waals surface area contributed by atoms with E-state index in [-0.39, 0.29) is 12.5 Å². The number of amides is 1. The fourth-order valence-electron chi connectivity index (χ4n) is 4.09. The number of nitrogens with one attached hydrogen (secondary N) is 1. The third-order valence-electron chi connectivity index (χ3n) is 5.59. The van der Waals surface area contributed by atoms with Gasteiger partial charge in [0.1, 0.15) is 6.54 Å². The van der Waals surface area contributed by atoms with Gasteiger partial charge >= 0.3 is 0 Å². The van der Waals surface area contributed by atoms with Crippen LogP contribution in [0, 0.1) is 20.8 Å². The van der Waals surface area contributed by atoms with E-state index in [0.717, 1.165) is 61.4 Å². The van der Waals surface area contributed by atoms with Crippen molar-refractivity contribution < 1.29 is 17.9 Å². The number of hydrogen-bond donors (Lipinski definition) is 1. The van der Waals surface area contributed by atoms with Crippen LogP contribution < -0.4 is 9.62 Å². The van der Waals surface area contributed by atoms with Crippen LogP contribution in [-0.4, -0.2) is 58.3 Å². The van der Waals surface area contributed by atoms with Crippen LogP contribution in [0.3, 0.4) is 0 Å². The molecule has 32 heavy (non-hydrogen) atoms. The zero-order valence-electron chi connectivity index (χ0n) is 19.3. The van der Waals surface area contributed by atoms with E-state index in [1.54, 1.807) is 0 Å². The lowest BCUT2D eigenvalue weighted by Gasteiger charge is -2.26. The van der Waals surface area contributed by atoms with Gasteiger partial charge < -0.3 is 10.1 Å². The number of morpholine rings is 1. The van der Waals surface area contributed by atoms with Crippen LogP contribution in [0.1, 0.15) is 27.8 Å². The summed E-state index contributed by atoms with van der Waals surface area (Å²) >= 11 is 0. The summed E-state index contributed by atoms with van der Waals surface area (Å²) in [5, 5.41) is 2.85. The maximum atomic E-state index is 12.6. The van der Waals surface area contributed by atoms with Gasteiger partial charge in [-0.25, -0.2) is 8.42 Å². The van der Waals surface area contributed by atoms with Crippen molar-refractivity contribution in [3.8, 4) is 0 Å². The van der Waals surface area contributed by atoms with E-state index in [1.807, 2.05) is 45.0 Å². The second kappa shape index (κ2) is 10.5. The zero-order chi connectivity index (χ0) is 23.3. The summed E-state index contributed by atoms with van der Waals surface area (Å²) in [5.41, 5.74) is 5.47. The number of sulfonamides is 1. The van der Waals surface area contributed by atoms with Crippen molar-refractivity contribution in [1.82, 2.24) is 10.2 Å². The fourth-order valence-corrected chi connectivity index (χ4v) is 5.07. The van der Waals surface area contributed by atoms with Crippen molar-refractivity contribution >= 4 is 21.6 Å². The Bertz CT molecular complexity index is 1020. The standard InChI is InChI=1S/C24H33N3O4S/c1-18-13-19(2)24(20(3)14-18)27(32(4,29)30)17-23(28)25-15-21-5-7-22(8-6-21)16-26-9-11-31-12-10-26/h5-8,13-14H,9-12,15-17H2,1-4H3,(H,25,28). The second-order valence-corrected chi connectivity index (χ2v) is 10.4. The monoisotopic (exact) mass is 459 g/mol. The molecule has 0 atom stereocenters. The number of nitrogens with zero attached hydrogens (tertiary/aromatic N) is 2. The molecule has 1 fully saturated rings. The maximum absolute atomic E-state index is 12.6. The van der Waals surface area contributed by atoms with Crippen LogP contribution in [-0.2, 0) is 32.6 Å². The molecule has 1 aliphatic heterocycles. The van der Waals surface area contributed by atoms with E-state index in [2.05, 4.69) is 22.3 Å². The van der Waals surface area contributed by atoms with Crippen LogP contribution >= 0.6 is 0 Å². The quantitative estimate of drug-likeness (QED) is 0.656. The Labute approximate surface area is 191 Å². The summed E-state index contributed by atoms with van der Waals surface area (Å²) in [6.45, 7) is 10.1. The molecule has 174 valence electrons. The first kappa shape index (κ1) is 24.2. The Hall–Kier alpha value is -2.42. The SMILES string of the molecule is Cc1cc(C)c(N(CC(=O)NCc2ccc(CN3CCOCC3)cc2)S(C)(=O)=O)c(C)c1. The third kappa shape index (κ3) is 6.54. The molecule has 1 heterocycles. The first-order chi connectivity index (χ1) is 15.1. The molecule has 0 spiro atoms. The molecule has 3 rings (SSSR count). The Balaban J connectivity index is 1.61. The summed E-state index contributed by atoms with van der Waals surface area (Å²) in [4.78, 5) is 15.0. The average Bonchev–Trinajstić information content (AvgIpc) is 2.72. The molecule has 0 bridgehead atoms. The molecule has 0 saturated carbocycles. The van der Waals surface area contributed by atoms with Gasteiger partial charge in [0.2, 0.25) is 15.9 Å². The first-order valence-electron chi connectivity index (χ1n) is 10.8. The van der Waals surface area contributed by atoms with Crippen molar-refractivity contribution in [2.45, 2.75) is 33.9 Å². The maximum Gasteiger partial charge on any atom is 0.241 e. The normalized spacial score (nSPS) is 14.9. The summed E-state index contributed by atoms with van der Waals surface area (Å²) in [6.07, 6.45) is 1.13. The van der Waals surface area contributed by atoms with E-state index in [1.165, 1.54) is 9.87 Å². The molecule has 7 nitrogen and oxygen atoms in total. The average molecular weight is 460 g/mol. The molecule has 0 radical (unpaired) electrons. The highest BCUT2D eigenvalue weighted by Crippen LogP contribution is 2.28. The summed E-state index contributed by atoms with van der Waals surface area (Å²) in [7, 11) is -3.61. The molecule has 1 N–H and O–H groups in total. The van der Waals surface area contributed by atoms with Gasteiger partial charge in [-0.1, -0.05) is 42.0 Å². The van der Waals surface area contributed by atoms with Crippen LogP contribution in [0.4, 0.5) is 5.69 Å². The van der Waals surface area contributed by atoms with Crippen LogP contribution in [0.5, 0.6) is 0 Å². The van der Waals surface area contributed by atoms with Gasteiger partial charge in [-0.3, -0.25) is 14.0 Å². The third-order valence-corrected chi connectivity index (χ3v) is 6.71. The summed E-state index contributed by atoms with van der Waals surface area (Å²) in [6, 6.07) is 12.0. The minimum absolute atomic E-state index is 0.251. The number of carbonyl (C=O) groups excluding carboxylic acids is 1. The van der Waals surface area contributed by atoms with Crippen molar-refractivity contribution in [1.29, 1.82) is 0 Å². The molecule has 0 unspecified atom stereocenters. The Kier molecular flexibility index (Phi) is 7.92. The van der Waals surface area contributed by atoms with E-state index in [4.69, 9.17) is 4.74 Å². The van der Waals surface area contributed by atoms with E-state index >= 15 is 0 Å². The number of benzene rings is 2. The smallest absolute Gasteiger partial charge is 0.241 e. The van der Waals surface area contributed by atoms with Crippen molar-refractivity contribution in [2.24, 2.45) is 0 Å². The number of rotatable bonds is 8. The van der Waals surface area contributed by atoms with Gasteiger partial charge in [0.25, 0.3) is 0 Å². The summed E-state index contributed by atoms with van der Waals surface area (Å²) < 4.78 is 31.5. The molecule has 1 saturated heterocycles. The molecule has 2 aromatic rings. The minimum atomic E-state index is -3.61. The first-order valence-corrected chi connectivity index (χ1v) is 12.7. The predicted octanol–water partition coefficient (Wildman–Crippen LogP) is 2.53. The molecular formula is C24H33N3O4S. The number of hydrogen-bond acceptors (Lipinski definition) is 5. The van der Waals surface area contributed by atoms with E-state index in [0.29, 0.717) is 12.2 Å². The molecule has 1 aliphatic rings. The fraction of sp³-hybridized carbons (Fsp3) is 0.458. The van der Waals surface area contributed by atoms with Crippen LogP contribution in [0.15, 0.2) is 36.4 Å². The lowest BCUT2D eigenvalue weighted by molar-refractivity contribution is -0.119. The molecule has 2 aromatic carbocycles. The van der Waals surface area contributed by atoms with Gasteiger partial charge in [0, 0.05) is 26.2 Å². The van der Waals surface area contributed by atoms with E-state index < -0.39 is 10.0 Å². The number of aryl methyl sites for hydroxylation is 3. The minimum Gasteiger partial charge on any atom is -0.379 e. The van der Waals surface area contributed by atoms with Crippen molar-refractivity contribution in [2.75, 3.05) is 43.4 Å². The predicted molar refractivity (Wildman–Crippen MR) is 127 cm³/mol. The van der Waals surface area contributed by atoms with Gasteiger partial charge in [0.05, 0.1) is 25.2 Å². The largest absolute Gasteiger partial charge is 0.379 e. The molecule has 0 aliphatic carbocycles.